The Hall–Kier alpha value is -2.32. The van der Waals surface area contributed by atoms with Gasteiger partial charge in [-0.15, -0.1) is 0 Å². The van der Waals surface area contributed by atoms with Crippen molar-refractivity contribution in [1.29, 1.82) is 0 Å². The van der Waals surface area contributed by atoms with Crippen molar-refractivity contribution in [2.45, 2.75) is 37.1 Å². The van der Waals surface area contributed by atoms with E-state index in [2.05, 4.69) is 42.0 Å². The Balaban J connectivity index is 0.000000239. The van der Waals surface area contributed by atoms with E-state index in [1.54, 1.807) is 6.33 Å². The zero-order valence-electron chi connectivity index (χ0n) is 18.4. The molecule has 0 bridgehead atoms. The minimum absolute atomic E-state index is 0.753. The Kier molecular flexibility index (Phi) is 8.33. The van der Waals surface area contributed by atoms with Crippen LogP contribution in [0.2, 0.25) is 0 Å². The number of nitrogens with one attached hydrogen (secondary N) is 2. The molecule has 1 aromatic carbocycles. The molecule has 1 aliphatic carbocycles. The van der Waals surface area contributed by atoms with Crippen LogP contribution in [0.15, 0.2) is 41.8 Å². The lowest BCUT2D eigenvalue weighted by molar-refractivity contribution is 0.373. The summed E-state index contributed by atoms with van der Waals surface area (Å²) in [7, 11) is 7.88. The van der Waals surface area contributed by atoms with Crippen molar-refractivity contribution in [3.63, 3.8) is 0 Å². The molecule has 2 heterocycles. The summed E-state index contributed by atoms with van der Waals surface area (Å²) in [5.41, 5.74) is 1.00. The number of benzene rings is 1. The van der Waals surface area contributed by atoms with Gasteiger partial charge < -0.3 is 14.8 Å². The molecule has 0 aliphatic heterocycles. The highest BCUT2D eigenvalue weighted by Crippen LogP contribution is 2.26. The van der Waals surface area contributed by atoms with E-state index in [0.29, 0.717) is 0 Å². The molecule has 8 heteroatoms. The molecule has 1 fully saturated rings. The summed E-state index contributed by atoms with van der Waals surface area (Å²) < 4.78 is 4.85. The van der Waals surface area contributed by atoms with Gasteiger partial charge in [-0.05, 0) is 49.9 Å². The van der Waals surface area contributed by atoms with Gasteiger partial charge in [0.05, 0.1) is 11.8 Å². The summed E-state index contributed by atoms with van der Waals surface area (Å²) >= 11 is 1.51. The van der Waals surface area contributed by atoms with Gasteiger partial charge in [-0.2, -0.15) is 4.98 Å². The maximum atomic E-state index is 4.69. The van der Waals surface area contributed by atoms with Crippen molar-refractivity contribution < 1.29 is 0 Å². The molecule has 2 aromatic heterocycles. The van der Waals surface area contributed by atoms with Gasteiger partial charge >= 0.3 is 0 Å². The van der Waals surface area contributed by atoms with Crippen LogP contribution in [0.5, 0.6) is 0 Å². The van der Waals surface area contributed by atoms with Crippen molar-refractivity contribution in [1.82, 2.24) is 24.2 Å². The average Bonchev–Trinajstić information content (AvgIpc) is 3.18. The number of rotatable bonds is 6. The molecule has 1 saturated carbocycles. The standard InChI is InChI=1S/C17H24N4.C5H9N3S/c1-21(2)16-14-10-6-7-11-15(14)19-17(20-16)18-12-13-8-4-3-5-9-13;1-6-9-5-3-8(2)4-7-5/h6-7,10-11,13H,3-5,8-9,12H2,1-2H3,(H,18,19,20);3-4,6H,1-2H3. The molecular weight excluding hydrogens is 394 g/mol. The van der Waals surface area contributed by atoms with Crippen molar-refractivity contribution in [2.24, 2.45) is 13.0 Å². The van der Waals surface area contributed by atoms with Crippen LogP contribution in [0.1, 0.15) is 32.1 Å². The largest absolute Gasteiger partial charge is 0.362 e. The van der Waals surface area contributed by atoms with Crippen molar-refractivity contribution in [2.75, 3.05) is 37.9 Å². The van der Waals surface area contributed by atoms with E-state index in [9.17, 15) is 0 Å². The fraction of sp³-hybridized carbons (Fsp3) is 0.500. The molecule has 0 atom stereocenters. The van der Waals surface area contributed by atoms with Gasteiger partial charge in [0.1, 0.15) is 10.8 Å². The highest BCUT2D eigenvalue weighted by molar-refractivity contribution is 7.97. The van der Waals surface area contributed by atoms with Crippen LogP contribution in [0.25, 0.3) is 10.9 Å². The Labute approximate surface area is 183 Å². The summed E-state index contributed by atoms with van der Waals surface area (Å²) in [6.07, 6.45) is 10.5. The predicted octanol–water partition coefficient (Wildman–Crippen LogP) is 4.33. The summed E-state index contributed by atoms with van der Waals surface area (Å²) in [6.45, 7) is 0.991. The van der Waals surface area contributed by atoms with Gasteiger partial charge in [0, 0.05) is 39.3 Å². The lowest BCUT2D eigenvalue weighted by Crippen LogP contribution is -2.19. The third kappa shape index (κ3) is 6.34. The molecular formula is C22H33N7S. The Bertz CT molecular complexity index is 919. The number of hydrogen-bond acceptors (Lipinski definition) is 7. The quantitative estimate of drug-likeness (QED) is 0.567. The number of hydrogen-bond donors (Lipinski definition) is 2. The number of anilines is 2. The normalized spacial score (nSPS) is 14.3. The first kappa shape index (κ1) is 22.4. The second-order valence-electron chi connectivity index (χ2n) is 7.85. The molecule has 3 aromatic rings. The van der Waals surface area contributed by atoms with Crippen LogP contribution in [0, 0.1) is 5.92 Å². The monoisotopic (exact) mass is 427 g/mol. The maximum absolute atomic E-state index is 4.69. The van der Waals surface area contributed by atoms with E-state index in [1.807, 2.05) is 51.1 Å². The SMILES string of the molecule is CN(C)c1nc(NCC2CCCCC2)nc2ccccc12.CNSc1cn(C)cn1. The maximum Gasteiger partial charge on any atom is 0.225 e. The topological polar surface area (TPSA) is 70.9 Å². The zero-order valence-corrected chi connectivity index (χ0v) is 19.2. The Morgan fingerprint density at radius 1 is 1.13 bits per heavy atom. The van der Waals surface area contributed by atoms with E-state index in [0.717, 1.165) is 40.2 Å². The van der Waals surface area contributed by atoms with Crippen molar-refractivity contribution in [3.05, 3.63) is 36.8 Å². The van der Waals surface area contributed by atoms with Crippen molar-refractivity contribution in [3.8, 4) is 0 Å². The molecule has 2 N–H and O–H groups in total. The molecule has 0 unspecified atom stereocenters. The fourth-order valence-corrected chi connectivity index (χ4v) is 4.18. The van der Waals surface area contributed by atoms with Crippen LogP contribution in [-0.4, -0.2) is 47.2 Å². The van der Waals surface area contributed by atoms with E-state index in [1.165, 1.54) is 44.1 Å². The van der Waals surface area contributed by atoms with Gasteiger partial charge in [-0.1, -0.05) is 31.4 Å². The van der Waals surface area contributed by atoms with Crippen LogP contribution in [0.3, 0.4) is 0 Å². The minimum Gasteiger partial charge on any atom is -0.362 e. The highest BCUT2D eigenvalue weighted by Gasteiger charge is 2.14. The van der Waals surface area contributed by atoms with Gasteiger partial charge in [0.15, 0.2) is 0 Å². The molecule has 0 saturated heterocycles. The first-order chi connectivity index (χ1) is 14.6. The Morgan fingerprint density at radius 2 is 1.90 bits per heavy atom. The highest BCUT2D eigenvalue weighted by atomic mass is 32.2. The molecule has 30 heavy (non-hydrogen) atoms. The molecule has 1 aliphatic rings. The second kappa shape index (κ2) is 11.2. The minimum atomic E-state index is 0.753. The number of nitrogens with zero attached hydrogens (tertiary/aromatic N) is 5. The van der Waals surface area contributed by atoms with E-state index >= 15 is 0 Å². The summed E-state index contributed by atoms with van der Waals surface area (Å²) in [5.74, 6) is 2.51. The van der Waals surface area contributed by atoms with E-state index in [-0.39, 0.29) is 0 Å². The molecule has 162 valence electrons. The molecule has 7 nitrogen and oxygen atoms in total. The lowest BCUT2D eigenvalue weighted by atomic mass is 9.89. The zero-order chi connectivity index (χ0) is 21.3. The summed E-state index contributed by atoms with van der Waals surface area (Å²) in [4.78, 5) is 15.5. The van der Waals surface area contributed by atoms with Gasteiger partial charge in [0.2, 0.25) is 5.95 Å². The van der Waals surface area contributed by atoms with Crippen LogP contribution < -0.4 is 14.9 Å². The van der Waals surface area contributed by atoms with Gasteiger partial charge in [-0.25, -0.2) is 9.97 Å². The first-order valence-electron chi connectivity index (χ1n) is 10.6. The van der Waals surface area contributed by atoms with E-state index in [4.69, 9.17) is 0 Å². The fourth-order valence-electron chi connectivity index (χ4n) is 3.65. The molecule has 0 radical (unpaired) electrons. The van der Waals surface area contributed by atoms with Crippen LogP contribution in [0.4, 0.5) is 11.8 Å². The third-order valence-electron chi connectivity index (χ3n) is 5.17. The number of fused-ring (bicyclic) bond motifs is 1. The third-order valence-corrected chi connectivity index (χ3v) is 5.79. The number of aryl methyl sites for hydroxylation is 1. The van der Waals surface area contributed by atoms with Crippen LogP contribution >= 0.6 is 11.9 Å². The summed E-state index contributed by atoms with van der Waals surface area (Å²) in [6, 6.07) is 8.19. The number of aromatic nitrogens is 4. The van der Waals surface area contributed by atoms with Crippen molar-refractivity contribution >= 4 is 34.6 Å². The Morgan fingerprint density at radius 3 is 2.57 bits per heavy atom. The van der Waals surface area contributed by atoms with E-state index < -0.39 is 0 Å². The molecule has 4 rings (SSSR count). The smallest absolute Gasteiger partial charge is 0.225 e. The second-order valence-corrected chi connectivity index (χ2v) is 8.88. The van der Waals surface area contributed by atoms with Gasteiger partial charge in [0.25, 0.3) is 0 Å². The molecule has 0 spiro atoms. The van der Waals surface area contributed by atoms with Gasteiger partial charge in [-0.3, -0.25) is 4.72 Å². The molecule has 0 amide bonds. The lowest BCUT2D eigenvalue weighted by Gasteiger charge is -2.22. The predicted molar refractivity (Wildman–Crippen MR) is 127 cm³/mol. The van der Waals surface area contributed by atoms with Crippen LogP contribution in [-0.2, 0) is 7.05 Å². The summed E-state index contributed by atoms with van der Waals surface area (Å²) in [5, 5.41) is 5.56. The number of para-hydroxylation sites is 1. The average molecular weight is 428 g/mol. The first-order valence-corrected chi connectivity index (χ1v) is 11.4. The number of imidazole rings is 1.